The zero-order valence-electron chi connectivity index (χ0n) is 10.1. The summed E-state index contributed by atoms with van der Waals surface area (Å²) in [4.78, 5) is 0. The molecule has 1 unspecified atom stereocenters. The molecule has 90 valence electrons. The number of benzene rings is 1. The number of rotatable bonds is 3. The first-order chi connectivity index (χ1) is 7.28. The standard InChI is InChI=1S/C13H20ClNO/c1-12(2,3)13(16,9-15)8-10-4-6-11(14)7-5-10/h4-7,16H,8-9,15H2,1-3H3. The Kier molecular flexibility index (Phi) is 4.00. The van der Waals surface area contributed by atoms with Gasteiger partial charge in [0.1, 0.15) is 0 Å². The Morgan fingerprint density at radius 2 is 1.69 bits per heavy atom. The van der Waals surface area contributed by atoms with E-state index in [-0.39, 0.29) is 12.0 Å². The molecule has 2 nitrogen and oxygen atoms in total. The second kappa shape index (κ2) is 4.74. The molecule has 0 saturated carbocycles. The molecular formula is C13H20ClNO. The van der Waals surface area contributed by atoms with Crippen molar-refractivity contribution in [2.75, 3.05) is 6.54 Å². The summed E-state index contributed by atoms with van der Waals surface area (Å²) in [5.74, 6) is 0. The normalized spacial score (nSPS) is 15.9. The molecule has 0 aliphatic carbocycles. The molecule has 1 aromatic rings. The molecule has 1 rings (SSSR count). The molecule has 0 bridgehead atoms. The molecular weight excluding hydrogens is 222 g/mol. The van der Waals surface area contributed by atoms with Gasteiger partial charge >= 0.3 is 0 Å². The quantitative estimate of drug-likeness (QED) is 0.855. The highest BCUT2D eigenvalue weighted by Crippen LogP contribution is 2.32. The topological polar surface area (TPSA) is 46.2 Å². The lowest BCUT2D eigenvalue weighted by atomic mass is 9.73. The monoisotopic (exact) mass is 241 g/mol. The zero-order chi connectivity index (χ0) is 12.4. The van der Waals surface area contributed by atoms with Gasteiger partial charge in [-0.05, 0) is 23.1 Å². The van der Waals surface area contributed by atoms with E-state index in [1.165, 1.54) is 0 Å². The highest BCUT2D eigenvalue weighted by atomic mass is 35.5. The van der Waals surface area contributed by atoms with Crippen molar-refractivity contribution in [2.45, 2.75) is 32.8 Å². The van der Waals surface area contributed by atoms with Crippen LogP contribution in [-0.4, -0.2) is 17.3 Å². The van der Waals surface area contributed by atoms with Gasteiger partial charge in [-0.2, -0.15) is 0 Å². The SMILES string of the molecule is CC(C)(C)C(O)(CN)Cc1ccc(Cl)cc1. The Labute approximate surface area is 102 Å². The molecule has 16 heavy (non-hydrogen) atoms. The first kappa shape index (κ1) is 13.5. The van der Waals surface area contributed by atoms with Crippen LogP contribution in [0.3, 0.4) is 0 Å². The summed E-state index contributed by atoms with van der Waals surface area (Å²) in [5.41, 5.74) is 5.61. The Balaban J connectivity index is 2.89. The number of halogens is 1. The molecule has 1 atom stereocenters. The second-order valence-electron chi connectivity index (χ2n) is 5.29. The van der Waals surface area contributed by atoms with Crippen LogP contribution in [-0.2, 0) is 6.42 Å². The average molecular weight is 242 g/mol. The van der Waals surface area contributed by atoms with Gasteiger partial charge in [0.05, 0.1) is 5.60 Å². The van der Waals surface area contributed by atoms with Crippen molar-refractivity contribution in [2.24, 2.45) is 11.1 Å². The first-order valence-electron chi connectivity index (χ1n) is 5.45. The summed E-state index contributed by atoms with van der Waals surface area (Å²) in [6, 6.07) is 7.51. The van der Waals surface area contributed by atoms with E-state index < -0.39 is 5.60 Å². The van der Waals surface area contributed by atoms with E-state index in [2.05, 4.69) is 0 Å². The van der Waals surface area contributed by atoms with E-state index in [1.54, 1.807) is 0 Å². The molecule has 1 aromatic carbocycles. The van der Waals surface area contributed by atoms with Crippen molar-refractivity contribution in [1.82, 2.24) is 0 Å². The van der Waals surface area contributed by atoms with Gasteiger partial charge in [-0.15, -0.1) is 0 Å². The molecule has 0 heterocycles. The molecule has 0 saturated heterocycles. The number of aliphatic hydroxyl groups is 1. The third-order valence-electron chi connectivity index (χ3n) is 3.14. The third kappa shape index (κ3) is 2.97. The van der Waals surface area contributed by atoms with Crippen molar-refractivity contribution in [3.05, 3.63) is 34.9 Å². The number of nitrogens with two attached hydrogens (primary N) is 1. The first-order valence-corrected chi connectivity index (χ1v) is 5.83. The van der Waals surface area contributed by atoms with Crippen LogP contribution in [0.5, 0.6) is 0 Å². The second-order valence-corrected chi connectivity index (χ2v) is 5.73. The molecule has 0 radical (unpaired) electrons. The van der Waals surface area contributed by atoms with Gasteiger partial charge < -0.3 is 10.8 Å². The van der Waals surface area contributed by atoms with Gasteiger partial charge in [-0.3, -0.25) is 0 Å². The third-order valence-corrected chi connectivity index (χ3v) is 3.40. The molecule has 3 heteroatoms. The summed E-state index contributed by atoms with van der Waals surface area (Å²) >= 11 is 5.82. The van der Waals surface area contributed by atoms with Crippen LogP contribution in [0, 0.1) is 5.41 Å². The predicted molar refractivity (Wildman–Crippen MR) is 68.6 cm³/mol. The van der Waals surface area contributed by atoms with Gasteiger partial charge in [-0.25, -0.2) is 0 Å². The maximum atomic E-state index is 10.5. The minimum Gasteiger partial charge on any atom is -0.388 e. The van der Waals surface area contributed by atoms with Gasteiger partial charge in [0.2, 0.25) is 0 Å². The van der Waals surface area contributed by atoms with Gasteiger partial charge in [0.25, 0.3) is 0 Å². The summed E-state index contributed by atoms with van der Waals surface area (Å²) in [7, 11) is 0. The van der Waals surface area contributed by atoms with Crippen molar-refractivity contribution >= 4 is 11.6 Å². The van der Waals surface area contributed by atoms with Crippen LogP contribution in [0.2, 0.25) is 5.02 Å². The summed E-state index contributed by atoms with van der Waals surface area (Å²) < 4.78 is 0. The molecule has 0 amide bonds. The van der Waals surface area contributed by atoms with Crippen LogP contribution in [0.4, 0.5) is 0 Å². The Morgan fingerprint density at radius 1 is 1.19 bits per heavy atom. The highest BCUT2D eigenvalue weighted by Gasteiger charge is 2.38. The van der Waals surface area contributed by atoms with E-state index in [0.29, 0.717) is 11.4 Å². The van der Waals surface area contributed by atoms with E-state index in [4.69, 9.17) is 17.3 Å². The zero-order valence-corrected chi connectivity index (χ0v) is 10.9. The molecule has 0 aliphatic heterocycles. The lowest BCUT2D eigenvalue weighted by Gasteiger charge is -2.39. The van der Waals surface area contributed by atoms with Crippen LogP contribution in [0.25, 0.3) is 0 Å². The van der Waals surface area contributed by atoms with Crippen LogP contribution >= 0.6 is 11.6 Å². The van der Waals surface area contributed by atoms with Gasteiger partial charge in [-0.1, -0.05) is 44.5 Å². The fourth-order valence-corrected chi connectivity index (χ4v) is 1.71. The summed E-state index contributed by atoms with van der Waals surface area (Å²) in [5, 5.41) is 11.2. The minimum absolute atomic E-state index is 0.249. The lowest BCUT2D eigenvalue weighted by Crippen LogP contribution is -2.50. The molecule has 0 aromatic heterocycles. The van der Waals surface area contributed by atoms with Gasteiger partial charge in [0.15, 0.2) is 0 Å². The predicted octanol–water partition coefficient (Wildman–Crippen LogP) is 2.62. The summed E-state index contributed by atoms with van der Waals surface area (Å²) in [6.45, 7) is 6.24. The molecule has 3 N–H and O–H groups in total. The molecule has 0 fully saturated rings. The number of hydrogen-bond acceptors (Lipinski definition) is 2. The van der Waals surface area contributed by atoms with Crippen molar-refractivity contribution in [3.8, 4) is 0 Å². The Bertz CT molecular complexity index is 342. The largest absolute Gasteiger partial charge is 0.388 e. The van der Waals surface area contributed by atoms with Crippen LogP contribution < -0.4 is 5.73 Å². The van der Waals surface area contributed by atoms with Crippen molar-refractivity contribution < 1.29 is 5.11 Å². The Morgan fingerprint density at radius 3 is 2.06 bits per heavy atom. The van der Waals surface area contributed by atoms with E-state index in [0.717, 1.165) is 5.56 Å². The highest BCUT2D eigenvalue weighted by molar-refractivity contribution is 6.30. The average Bonchev–Trinajstić information content (AvgIpc) is 2.19. The van der Waals surface area contributed by atoms with E-state index >= 15 is 0 Å². The fourth-order valence-electron chi connectivity index (χ4n) is 1.58. The van der Waals surface area contributed by atoms with Crippen molar-refractivity contribution in [3.63, 3.8) is 0 Å². The maximum Gasteiger partial charge on any atom is 0.0857 e. The fraction of sp³-hybridized carbons (Fsp3) is 0.538. The lowest BCUT2D eigenvalue weighted by molar-refractivity contribution is -0.0490. The smallest absolute Gasteiger partial charge is 0.0857 e. The van der Waals surface area contributed by atoms with Crippen molar-refractivity contribution in [1.29, 1.82) is 0 Å². The molecule has 0 aliphatic rings. The van der Waals surface area contributed by atoms with Gasteiger partial charge in [0, 0.05) is 18.0 Å². The summed E-state index contributed by atoms with van der Waals surface area (Å²) in [6.07, 6.45) is 0.546. The minimum atomic E-state index is -0.888. The van der Waals surface area contributed by atoms with E-state index in [9.17, 15) is 5.11 Å². The van der Waals surface area contributed by atoms with Crippen LogP contribution in [0.1, 0.15) is 26.3 Å². The van der Waals surface area contributed by atoms with Crippen LogP contribution in [0.15, 0.2) is 24.3 Å². The maximum absolute atomic E-state index is 10.5. The molecule has 0 spiro atoms. The number of hydrogen-bond donors (Lipinski definition) is 2. The Hall–Kier alpha value is -0.570. The van der Waals surface area contributed by atoms with E-state index in [1.807, 2.05) is 45.0 Å².